The Bertz CT molecular complexity index is 756. The molecule has 2 aromatic rings. The van der Waals surface area contributed by atoms with E-state index in [1.165, 1.54) is 0 Å². The first-order valence-electron chi connectivity index (χ1n) is 8.94. The first-order chi connectivity index (χ1) is 12.6. The van der Waals surface area contributed by atoms with Crippen LogP contribution in [0, 0.1) is 0 Å². The summed E-state index contributed by atoms with van der Waals surface area (Å²) in [5.41, 5.74) is 1.08. The molecule has 2 heterocycles. The summed E-state index contributed by atoms with van der Waals surface area (Å²) < 4.78 is 5.37. The number of hydrogen-bond acceptors (Lipinski definition) is 4. The number of aliphatic hydroxyl groups excluding tert-OH is 1. The van der Waals surface area contributed by atoms with E-state index >= 15 is 0 Å². The molecule has 6 heteroatoms. The summed E-state index contributed by atoms with van der Waals surface area (Å²) in [5.74, 6) is 0.383. The van der Waals surface area contributed by atoms with E-state index in [2.05, 4.69) is 0 Å². The minimum atomic E-state index is -0.242. The maximum absolute atomic E-state index is 12.7. The number of amides is 2. The normalized spacial score (nSPS) is 18.1. The number of benzene rings is 1. The number of carbonyl (C=O) groups is 2. The van der Waals surface area contributed by atoms with Gasteiger partial charge in [0.05, 0.1) is 0 Å². The number of rotatable bonds is 5. The molecule has 1 aliphatic heterocycles. The van der Waals surface area contributed by atoms with Crippen LogP contribution in [0.4, 0.5) is 0 Å². The highest BCUT2D eigenvalue weighted by Gasteiger charge is 2.31. The lowest BCUT2D eigenvalue weighted by molar-refractivity contribution is -0.133. The van der Waals surface area contributed by atoms with Crippen LogP contribution in [-0.4, -0.2) is 45.9 Å². The number of furan rings is 1. The van der Waals surface area contributed by atoms with Crippen molar-refractivity contribution >= 4 is 11.8 Å². The van der Waals surface area contributed by atoms with Crippen molar-refractivity contribution in [2.45, 2.75) is 39.0 Å². The lowest BCUT2D eigenvalue weighted by Crippen LogP contribution is -2.43. The SMILES string of the molecule is CC[C@H]1CN(C(=O)c2ccc(CO)o2)CCC(=O)N1Cc1ccccc1. The van der Waals surface area contributed by atoms with Crippen molar-refractivity contribution in [3.05, 3.63) is 59.5 Å². The average Bonchev–Trinajstić information content (AvgIpc) is 3.10. The van der Waals surface area contributed by atoms with Gasteiger partial charge in [0, 0.05) is 32.1 Å². The minimum absolute atomic E-state index is 0.0403. The van der Waals surface area contributed by atoms with Crippen molar-refractivity contribution in [1.29, 1.82) is 0 Å². The summed E-state index contributed by atoms with van der Waals surface area (Å²) in [5, 5.41) is 9.11. The van der Waals surface area contributed by atoms with Gasteiger partial charge in [-0.1, -0.05) is 37.3 Å². The number of aliphatic hydroxyl groups is 1. The molecule has 0 radical (unpaired) electrons. The van der Waals surface area contributed by atoms with Gasteiger partial charge in [-0.05, 0) is 24.1 Å². The van der Waals surface area contributed by atoms with Gasteiger partial charge in [0.25, 0.3) is 5.91 Å². The molecule has 0 saturated carbocycles. The molecule has 0 bridgehead atoms. The maximum atomic E-state index is 12.7. The van der Waals surface area contributed by atoms with Crippen molar-refractivity contribution < 1.29 is 19.1 Å². The molecular formula is C20H24N2O4. The van der Waals surface area contributed by atoms with Crippen LogP contribution in [0.25, 0.3) is 0 Å². The Labute approximate surface area is 153 Å². The van der Waals surface area contributed by atoms with Gasteiger partial charge < -0.3 is 19.3 Å². The van der Waals surface area contributed by atoms with E-state index < -0.39 is 0 Å². The Morgan fingerprint density at radius 3 is 2.65 bits per heavy atom. The Balaban J connectivity index is 1.76. The molecule has 1 aliphatic rings. The van der Waals surface area contributed by atoms with E-state index in [4.69, 9.17) is 9.52 Å². The van der Waals surface area contributed by atoms with Gasteiger partial charge >= 0.3 is 0 Å². The van der Waals surface area contributed by atoms with Gasteiger partial charge in [-0.15, -0.1) is 0 Å². The van der Waals surface area contributed by atoms with Crippen LogP contribution in [0.15, 0.2) is 46.9 Å². The molecule has 1 saturated heterocycles. The van der Waals surface area contributed by atoms with Gasteiger partial charge in [-0.2, -0.15) is 0 Å². The zero-order valence-electron chi connectivity index (χ0n) is 14.9. The van der Waals surface area contributed by atoms with Crippen molar-refractivity contribution in [2.75, 3.05) is 13.1 Å². The van der Waals surface area contributed by atoms with Crippen molar-refractivity contribution in [3.63, 3.8) is 0 Å². The molecule has 6 nitrogen and oxygen atoms in total. The molecule has 1 fully saturated rings. The Morgan fingerprint density at radius 1 is 1.23 bits per heavy atom. The standard InChI is InChI=1S/C20H24N2O4/c1-2-16-13-21(20(25)18-9-8-17(14-23)26-18)11-10-19(24)22(16)12-15-6-4-3-5-7-15/h3-9,16,23H,2,10-14H2,1H3/t16-/m0/s1. The van der Waals surface area contributed by atoms with Crippen LogP contribution in [0.3, 0.4) is 0 Å². The highest BCUT2D eigenvalue weighted by molar-refractivity contribution is 5.92. The van der Waals surface area contributed by atoms with E-state index in [0.717, 1.165) is 12.0 Å². The zero-order valence-corrected chi connectivity index (χ0v) is 14.9. The second kappa shape index (κ2) is 8.19. The average molecular weight is 356 g/mol. The van der Waals surface area contributed by atoms with Crippen LogP contribution in [-0.2, 0) is 17.9 Å². The smallest absolute Gasteiger partial charge is 0.289 e. The van der Waals surface area contributed by atoms with Crippen LogP contribution in [0.1, 0.15) is 41.6 Å². The van der Waals surface area contributed by atoms with Crippen molar-refractivity contribution in [1.82, 2.24) is 9.80 Å². The fourth-order valence-electron chi connectivity index (χ4n) is 3.29. The maximum Gasteiger partial charge on any atom is 0.289 e. The fourth-order valence-corrected chi connectivity index (χ4v) is 3.29. The summed E-state index contributed by atoms with van der Waals surface area (Å²) in [6.45, 7) is 3.18. The van der Waals surface area contributed by atoms with Crippen molar-refractivity contribution in [3.8, 4) is 0 Å². The van der Waals surface area contributed by atoms with Crippen molar-refractivity contribution in [2.24, 2.45) is 0 Å². The van der Waals surface area contributed by atoms with Crippen LogP contribution in [0.5, 0.6) is 0 Å². The van der Waals surface area contributed by atoms with Gasteiger partial charge in [0.1, 0.15) is 12.4 Å². The third-order valence-corrected chi connectivity index (χ3v) is 4.77. The van der Waals surface area contributed by atoms with Crippen LogP contribution >= 0.6 is 0 Å². The molecular weight excluding hydrogens is 332 g/mol. The Kier molecular flexibility index (Phi) is 5.73. The molecule has 26 heavy (non-hydrogen) atoms. The van der Waals surface area contributed by atoms with Crippen LogP contribution < -0.4 is 0 Å². The highest BCUT2D eigenvalue weighted by atomic mass is 16.4. The second-order valence-corrected chi connectivity index (χ2v) is 6.49. The largest absolute Gasteiger partial charge is 0.453 e. The number of nitrogens with zero attached hydrogens (tertiary/aromatic N) is 2. The van der Waals surface area contributed by atoms with Gasteiger partial charge in [-0.3, -0.25) is 9.59 Å². The predicted octanol–water partition coefficient (Wildman–Crippen LogP) is 2.43. The third-order valence-electron chi connectivity index (χ3n) is 4.77. The molecule has 3 rings (SSSR count). The summed E-state index contributed by atoms with van der Waals surface area (Å²) in [6, 6.07) is 13.0. The first-order valence-corrected chi connectivity index (χ1v) is 8.94. The number of hydrogen-bond donors (Lipinski definition) is 1. The monoisotopic (exact) mass is 356 g/mol. The molecule has 1 aromatic heterocycles. The van der Waals surface area contributed by atoms with Gasteiger partial charge in [-0.25, -0.2) is 0 Å². The molecule has 2 amide bonds. The van der Waals surface area contributed by atoms with E-state index in [0.29, 0.717) is 31.8 Å². The molecule has 0 spiro atoms. The summed E-state index contributed by atoms with van der Waals surface area (Å²) in [6.07, 6.45) is 1.06. The first kappa shape index (κ1) is 18.2. The topological polar surface area (TPSA) is 74.0 Å². The third kappa shape index (κ3) is 3.96. The molecule has 0 unspecified atom stereocenters. The van der Waals surface area contributed by atoms with E-state index in [9.17, 15) is 9.59 Å². The summed E-state index contributed by atoms with van der Waals surface area (Å²) >= 11 is 0. The molecule has 1 N–H and O–H groups in total. The quantitative estimate of drug-likeness (QED) is 0.893. The van der Waals surface area contributed by atoms with E-state index in [1.54, 1.807) is 17.0 Å². The molecule has 138 valence electrons. The Morgan fingerprint density at radius 2 is 2.00 bits per heavy atom. The molecule has 1 aromatic carbocycles. The summed E-state index contributed by atoms with van der Waals surface area (Å²) in [4.78, 5) is 29.0. The lowest BCUT2D eigenvalue weighted by Gasteiger charge is -2.31. The highest BCUT2D eigenvalue weighted by Crippen LogP contribution is 2.20. The second-order valence-electron chi connectivity index (χ2n) is 6.49. The van der Waals surface area contributed by atoms with Gasteiger partial charge in [0.2, 0.25) is 5.91 Å². The molecule has 0 aliphatic carbocycles. The van der Waals surface area contributed by atoms with Gasteiger partial charge in [0.15, 0.2) is 5.76 Å². The Hall–Kier alpha value is -2.60. The zero-order chi connectivity index (χ0) is 18.5. The van der Waals surface area contributed by atoms with E-state index in [-0.39, 0.29) is 30.2 Å². The fraction of sp³-hybridized carbons (Fsp3) is 0.400. The summed E-state index contributed by atoms with van der Waals surface area (Å²) in [7, 11) is 0. The molecule has 1 atom stereocenters. The van der Waals surface area contributed by atoms with E-state index in [1.807, 2.05) is 42.2 Å². The van der Waals surface area contributed by atoms with Crippen LogP contribution in [0.2, 0.25) is 0 Å². The lowest BCUT2D eigenvalue weighted by atomic mass is 10.1. The minimum Gasteiger partial charge on any atom is -0.453 e. The number of carbonyl (C=O) groups excluding carboxylic acids is 2. The predicted molar refractivity (Wildman–Crippen MR) is 96.2 cm³/mol.